The van der Waals surface area contributed by atoms with Crippen LogP contribution in [0, 0.1) is 5.92 Å². The summed E-state index contributed by atoms with van der Waals surface area (Å²) < 4.78 is 16.9. The fourth-order valence-electron chi connectivity index (χ4n) is 8.92. The Morgan fingerprint density at radius 3 is 0.766 bits per heavy atom. The van der Waals surface area contributed by atoms with Crippen molar-refractivity contribution in [2.24, 2.45) is 5.92 Å². The Labute approximate surface area is 399 Å². The number of carbonyl (C=O) groups is 3. The summed E-state index contributed by atoms with van der Waals surface area (Å²) in [7, 11) is 0. The third kappa shape index (κ3) is 51.4. The number of unbranched alkanes of at least 4 members (excludes halogenated alkanes) is 40. The Kier molecular flexibility index (Phi) is 51.1. The van der Waals surface area contributed by atoms with Gasteiger partial charge in [0.25, 0.3) is 0 Å². The largest absolute Gasteiger partial charge is 0.462 e. The molecule has 0 aliphatic carbocycles. The second kappa shape index (κ2) is 52.4. The molecule has 0 radical (unpaired) electrons. The van der Waals surface area contributed by atoms with Gasteiger partial charge in [-0.25, -0.2) is 0 Å². The van der Waals surface area contributed by atoms with Gasteiger partial charge in [-0.1, -0.05) is 291 Å². The summed E-state index contributed by atoms with van der Waals surface area (Å²) in [6.45, 7) is 9.05. The normalized spacial score (nSPS) is 12.0. The number of ether oxygens (including phenoxy) is 3. The van der Waals surface area contributed by atoms with Crippen molar-refractivity contribution < 1.29 is 28.6 Å². The highest BCUT2D eigenvalue weighted by atomic mass is 16.6. The first kappa shape index (κ1) is 62.4. The molecule has 0 aliphatic heterocycles. The van der Waals surface area contributed by atoms with E-state index in [0.29, 0.717) is 19.3 Å². The quantitative estimate of drug-likeness (QED) is 0.0344. The third-order valence-corrected chi connectivity index (χ3v) is 13.3. The summed E-state index contributed by atoms with van der Waals surface area (Å²) in [6, 6.07) is 0. The molecule has 0 spiro atoms. The molecule has 0 saturated heterocycles. The fraction of sp³-hybridized carbons (Fsp3) is 0.948. The fourth-order valence-corrected chi connectivity index (χ4v) is 8.92. The van der Waals surface area contributed by atoms with Crippen LogP contribution in [0.1, 0.15) is 329 Å². The van der Waals surface area contributed by atoms with Crippen molar-refractivity contribution in [2.75, 3.05) is 13.2 Å². The summed E-state index contributed by atoms with van der Waals surface area (Å²) in [5.41, 5.74) is 0. The van der Waals surface area contributed by atoms with Gasteiger partial charge in [0.2, 0.25) is 0 Å². The van der Waals surface area contributed by atoms with Crippen LogP contribution in [0.4, 0.5) is 0 Å². The van der Waals surface area contributed by atoms with Crippen LogP contribution >= 0.6 is 0 Å². The average molecular weight is 906 g/mol. The lowest BCUT2D eigenvalue weighted by Crippen LogP contribution is -2.30. The molecule has 0 amide bonds. The molecule has 0 rings (SSSR count). The van der Waals surface area contributed by atoms with E-state index in [1.54, 1.807) is 0 Å². The zero-order valence-corrected chi connectivity index (χ0v) is 43.8. The van der Waals surface area contributed by atoms with Crippen LogP contribution < -0.4 is 0 Å². The highest BCUT2D eigenvalue weighted by Gasteiger charge is 2.19. The zero-order chi connectivity index (χ0) is 46.7. The van der Waals surface area contributed by atoms with Crippen LogP contribution in [0.25, 0.3) is 0 Å². The van der Waals surface area contributed by atoms with Gasteiger partial charge in [0.05, 0.1) is 0 Å². The summed E-state index contributed by atoms with van der Waals surface area (Å²) >= 11 is 0. The first-order valence-electron chi connectivity index (χ1n) is 28.9. The summed E-state index contributed by atoms with van der Waals surface area (Å²) in [4.78, 5) is 38.1. The SMILES string of the molecule is CCCCCCCCCCCCCCCCCCCCCC(=O)OC[C@@H](COC(=O)CCCCCCCCCCCCCC(C)C)OC(=O)CCCCCCCCCCCCCCC. The van der Waals surface area contributed by atoms with E-state index in [4.69, 9.17) is 14.2 Å². The second-order valence-corrected chi connectivity index (χ2v) is 20.4. The highest BCUT2D eigenvalue weighted by molar-refractivity contribution is 5.71. The summed E-state index contributed by atoms with van der Waals surface area (Å²) in [5.74, 6) is -0.00982. The number of carbonyl (C=O) groups excluding carboxylic acids is 3. The molecule has 0 heterocycles. The van der Waals surface area contributed by atoms with E-state index < -0.39 is 6.10 Å². The molecule has 0 aliphatic rings. The van der Waals surface area contributed by atoms with E-state index in [1.165, 1.54) is 225 Å². The smallest absolute Gasteiger partial charge is 0.306 e. The molecule has 6 heteroatoms. The monoisotopic (exact) mass is 905 g/mol. The van der Waals surface area contributed by atoms with Gasteiger partial charge < -0.3 is 14.2 Å². The Bertz CT molecular complexity index is 964. The van der Waals surface area contributed by atoms with E-state index in [2.05, 4.69) is 27.7 Å². The lowest BCUT2D eigenvalue weighted by Gasteiger charge is -2.18. The topological polar surface area (TPSA) is 78.9 Å². The molecule has 380 valence electrons. The molecule has 1 atom stereocenters. The molecule has 64 heavy (non-hydrogen) atoms. The highest BCUT2D eigenvalue weighted by Crippen LogP contribution is 2.18. The molecular formula is C58H112O6. The zero-order valence-electron chi connectivity index (χ0n) is 43.8. The van der Waals surface area contributed by atoms with Gasteiger partial charge in [-0.05, 0) is 25.2 Å². The van der Waals surface area contributed by atoms with Crippen LogP contribution in [-0.2, 0) is 28.6 Å². The molecule has 0 aromatic rings. The Morgan fingerprint density at radius 1 is 0.297 bits per heavy atom. The predicted octanol–water partition coefficient (Wildman–Crippen LogP) is 19.0. The van der Waals surface area contributed by atoms with E-state index in [1.807, 2.05) is 0 Å². The van der Waals surface area contributed by atoms with Gasteiger partial charge in [0.15, 0.2) is 6.10 Å². The van der Waals surface area contributed by atoms with Crippen molar-refractivity contribution in [3.8, 4) is 0 Å². The molecule has 0 fully saturated rings. The molecular weight excluding hydrogens is 793 g/mol. The van der Waals surface area contributed by atoms with Gasteiger partial charge >= 0.3 is 17.9 Å². The Hall–Kier alpha value is -1.59. The molecule has 0 saturated carbocycles. The van der Waals surface area contributed by atoms with Crippen molar-refractivity contribution in [1.29, 1.82) is 0 Å². The summed E-state index contributed by atoms with van der Waals surface area (Å²) in [5, 5.41) is 0. The minimum atomic E-state index is -0.761. The van der Waals surface area contributed by atoms with E-state index in [0.717, 1.165) is 63.7 Å². The maximum Gasteiger partial charge on any atom is 0.306 e. The van der Waals surface area contributed by atoms with Crippen molar-refractivity contribution in [1.82, 2.24) is 0 Å². The molecule has 0 N–H and O–H groups in total. The maximum atomic E-state index is 12.8. The van der Waals surface area contributed by atoms with Gasteiger partial charge in [0.1, 0.15) is 13.2 Å². The van der Waals surface area contributed by atoms with E-state index in [-0.39, 0.29) is 31.1 Å². The Balaban J connectivity index is 4.26. The van der Waals surface area contributed by atoms with E-state index in [9.17, 15) is 14.4 Å². The van der Waals surface area contributed by atoms with Crippen LogP contribution in [0.5, 0.6) is 0 Å². The first-order chi connectivity index (χ1) is 31.4. The Morgan fingerprint density at radius 2 is 0.516 bits per heavy atom. The number of esters is 3. The van der Waals surface area contributed by atoms with Crippen molar-refractivity contribution in [3.05, 3.63) is 0 Å². The van der Waals surface area contributed by atoms with Crippen molar-refractivity contribution in [2.45, 2.75) is 336 Å². The first-order valence-corrected chi connectivity index (χ1v) is 28.9. The van der Waals surface area contributed by atoms with Crippen molar-refractivity contribution in [3.63, 3.8) is 0 Å². The minimum Gasteiger partial charge on any atom is -0.462 e. The molecule has 6 nitrogen and oxygen atoms in total. The van der Waals surface area contributed by atoms with Crippen LogP contribution in [0.15, 0.2) is 0 Å². The number of hydrogen-bond acceptors (Lipinski definition) is 6. The van der Waals surface area contributed by atoms with Gasteiger partial charge in [-0.15, -0.1) is 0 Å². The average Bonchev–Trinajstić information content (AvgIpc) is 3.28. The van der Waals surface area contributed by atoms with Gasteiger partial charge in [-0.3, -0.25) is 14.4 Å². The van der Waals surface area contributed by atoms with Crippen LogP contribution in [0.3, 0.4) is 0 Å². The minimum absolute atomic E-state index is 0.0620. The standard InChI is InChI=1S/C58H112O6/c1-5-7-9-11-13-15-17-19-20-21-22-23-24-26-29-33-37-41-45-49-56(59)62-52-55(64-58(61)51-47-43-39-35-30-25-18-16-14-12-10-8-6-2)53-63-57(60)50-46-42-38-34-31-27-28-32-36-40-44-48-54(3)4/h54-55H,5-53H2,1-4H3/t55-/m0/s1. The predicted molar refractivity (Wildman–Crippen MR) is 275 cm³/mol. The lowest BCUT2D eigenvalue weighted by atomic mass is 10.0. The second-order valence-electron chi connectivity index (χ2n) is 20.4. The van der Waals surface area contributed by atoms with Crippen LogP contribution in [0.2, 0.25) is 0 Å². The number of hydrogen-bond donors (Lipinski definition) is 0. The summed E-state index contributed by atoms with van der Waals surface area (Å²) in [6.07, 6.45) is 56.6. The van der Waals surface area contributed by atoms with Crippen LogP contribution in [-0.4, -0.2) is 37.2 Å². The molecule has 0 aromatic heterocycles. The van der Waals surface area contributed by atoms with Gasteiger partial charge in [-0.2, -0.15) is 0 Å². The molecule has 0 aromatic carbocycles. The lowest BCUT2D eigenvalue weighted by molar-refractivity contribution is -0.167. The third-order valence-electron chi connectivity index (χ3n) is 13.3. The molecule has 0 bridgehead atoms. The van der Waals surface area contributed by atoms with Gasteiger partial charge in [0, 0.05) is 19.3 Å². The van der Waals surface area contributed by atoms with Crippen molar-refractivity contribution >= 4 is 17.9 Å². The number of rotatable bonds is 53. The molecule has 0 unspecified atom stereocenters. The maximum absolute atomic E-state index is 12.8. The van der Waals surface area contributed by atoms with E-state index >= 15 is 0 Å².